The highest BCUT2D eigenvalue weighted by Crippen LogP contribution is 2.08. The number of rotatable bonds is 3. The fourth-order valence-corrected chi connectivity index (χ4v) is 0.603. The molecule has 0 bridgehead atoms. The molecule has 0 aliphatic carbocycles. The molecule has 3 nitrogen and oxygen atoms in total. The maximum Gasteiger partial charge on any atom is 0.261 e. The Morgan fingerprint density at radius 2 is 2.00 bits per heavy atom. The SMILES string of the molecule is C=CC(=N)OOc1ccccc1. The van der Waals surface area contributed by atoms with Crippen LogP contribution in [0.3, 0.4) is 0 Å². The van der Waals surface area contributed by atoms with E-state index in [-0.39, 0.29) is 5.90 Å². The maximum atomic E-state index is 7.02. The van der Waals surface area contributed by atoms with Crippen molar-refractivity contribution in [3.05, 3.63) is 43.0 Å². The summed E-state index contributed by atoms with van der Waals surface area (Å²) in [5.74, 6) is 0.447. The van der Waals surface area contributed by atoms with Gasteiger partial charge in [-0.1, -0.05) is 24.8 Å². The molecule has 0 saturated carbocycles. The van der Waals surface area contributed by atoms with Gasteiger partial charge in [-0.05, 0) is 18.2 Å². The smallest absolute Gasteiger partial charge is 0.261 e. The van der Waals surface area contributed by atoms with E-state index in [1.54, 1.807) is 12.1 Å². The predicted octanol–water partition coefficient (Wildman–Crippen LogP) is 2.16. The van der Waals surface area contributed by atoms with E-state index in [4.69, 9.17) is 10.3 Å². The Bertz CT molecular complexity index is 269. The van der Waals surface area contributed by atoms with Crippen LogP contribution in [0.4, 0.5) is 0 Å². The number of hydrogen-bond acceptors (Lipinski definition) is 3. The van der Waals surface area contributed by atoms with E-state index in [0.29, 0.717) is 5.75 Å². The van der Waals surface area contributed by atoms with Gasteiger partial charge in [-0.15, -0.1) is 0 Å². The van der Waals surface area contributed by atoms with Gasteiger partial charge in [0.05, 0.1) is 0 Å². The van der Waals surface area contributed by atoms with Crippen LogP contribution in [0.5, 0.6) is 5.75 Å². The zero-order chi connectivity index (χ0) is 8.81. The van der Waals surface area contributed by atoms with Gasteiger partial charge in [-0.25, -0.2) is 0 Å². The third-order valence-electron chi connectivity index (χ3n) is 1.16. The van der Waals surface area contributed by atoms with Crippen molar-refractivity contribution in [1.82, 2.24) is 0 Å². The zero-order valence-corrected chi connectivity index (χ0v) is 6.49. The quantitative estimate of drug-likeness (QED) is 0.321. The van der Waals surface area contributed by atoms with Crippen LogP contribution >= 0.6 is 0 Å². The van der Waals surface area contributed by atoms with Crippen molar-refractivity contribution >= 4 is 5.90 Å². The minimum Gasteiger partial charge on any atom is -0.288 e. The minimum atomic E-state index is -0.112. The Labute approximate surface area is 70.7 Å². The van der Waals surface area contributed by atoms with Crippen molar-refractivity contribution in [1.29, 1.82) is 5.41 Å². The summed E-state index contributed by atoms with van der Waals surface area (Å²) >= 11 is 0. The van der Waals surface area contributed by atoms with Gasteiger partial charge in [0.15, 0.2) is 5.75 Å². The summed E-state index contributed by atoms with van der Waals surface area (Å²) in [6.45, 7) is 3.34. The molecule has 1 aromatic carbocycles. The lowest BCUT2D eigenvalue weighted by atomic mass is 10.3. The van der Waals surface area contributed by atoms with Crippen molar-refractivity contribution in [3.63, 3.8) is 0 Å². The molecule has 12 heavy (non-hydrogen) atoms. The number of hydrogen-bond donors (Lipinski definition) is 1. The molecule has 0 unspecified atom stereocenters. The van der Waals surface area contributed by atoms with Crippen LogP contribution in [-0.4, -0.2) is 5.90 Å². The van der Waals surface area contributed by atoms with Gasteiger partial charge in [0, 0.05) is 0 Å². The fourth-order valence-electron chi connectivity index (χ4n) is 0.603. The molecule has 3 heteroatoms. The van der Waals surface area contributed by atoms with Gasteiger partial charge < -0.3 is 0 Å². The zero-order valence-electron chi connectivity index (χ0n) is 6.49. The lowest BCUT2D eigenvalue weighted by molar-refractivity contribution is -0.116. The van der Waals surface area contributed by atoms with E-state index in [2.05, 4.69) is 11.5 Å². The van der Waals surface area contributed by atoms with Crippen LogP contribution in [0.25, 0.3) is 0 Å². The van der Waals surface area contributed by atoms with Gasteiger partial charge >= 0.3 is 0 Å². The van der Waals surface area contributed by atoms with Crippen LogP contribution in [0, 0.1) is 5.41 Å². The highest BCUT2D eigenvalue weighted by molar-refractivity contribution is 5.83. The van der Waals surface area contributed by atoms with Crippen LogP contribution < -0.4 is 4.89 Å². The Morgan fingerprint density at radius 1 is 1.33 bits per heavy atom. The second-order valence-electron chi connectivity index (χ2n) is 2.05. The Balaban J connectivity index is 2.43. The van der Waals surface area contributed by atoms with Gasteiger partial charge in [-0.3, -0.25) is 15.2 Å². The highest BCUT2D eigenvalue weighted by Gasteiger charge is 1.93. The lowest BCUT2D eigenvalue weighted by Gasteiger charge is -2.02. The van der Waals surface area contributed by atoms with Gasteiger partial charge in [-0.2, -0.15) is 0 Å². The van der Waals surface area contributed by atoms with Gasteiger partial charge in [0.2, 0.25) is 0 Å². The second kappa shape index (κ2) is 4.18. The van der Waals surface area contributed by atoms with E-state index >= 15 is 0 Å². The van der Waals surface area contributed by atoms with Crippen molar-refractivity contribution < 1.29 is 9.78 Å². The Kier molecular flexibility index (Phi) is 2.90. The standard InChI is InChI=1S/C9H9NO2/c1-2-9(10)12-11-8-6-4-3-5-7-8/h2-7,10H,1H2. The molecule has 1 rings (SSSR count). The van der Waals surface area contributed by atoms with Crippen LogP contribution in [0.1, 0.15) is 0 Å². The average Bonchev–Trinajstić information content (AvgIpc) is 2.16. The average molecular weight is 163 g/mol. The van der Waals surface area contributed by atoms with E-state index in [9.17, 15) is 0 Å². The number of nitrogens with one attached hydrogen (secondary N) is 1. The molecule has 0 aliphatic rings. The monoisotopic (exact) mass is 163 g/mol. The molecule has 0 radical (unpaired) electrons. The molecule has 0 amide bonds. The van der Waals surface area contributed by atoms with Crippen molar-refractivity contribution in [2.45, 2.75) is 0 Å². The van der Waals surface area contributed by atoms with E-state index in [1.807, 2.05) is 18.2 Å². The summed E-state index contributed by atoms with van der Waals surface area (Å²) in [5.41, 5.74) is 0. The third-order valence-corrected chi connectivity index (χ3v) is 1.16. The van der Waals surface area contributed by atoms with Gasteiger partial charge in [0.25, 0.3) is 5.90 Å². The Hall–Kier alpha value is -1.77. The molecule has 0 fully saturated rings. The second-order valence-corrected chi connectivity index (χ2v) is 2.05. The number of para-hydroxylation sites is 1. The summed E-state index contributed by atoms with van der Waals surface area (Å²) in [6.07, 6.45) is 1.25. The molecule has 0 saturated heterocycles. The maximum absolute atomic E-state index is 7.02. The summed E-state index contributed by atoms with van der Waals surface area (Å²) in [7, 11) is 0. The number of benzene rings is 1. The summed E-state index contributed by atoms with van der Waals surface area (Å²) in [6, 6.07) is 8.96. The molecule has 0 aliphatic heterocycles. The molecular weight excluding hydrogens is 154 g/mol. The van der Waals surface area contributed by atoms with E-state index < -0.39 is 0 Å². The molecule has 0 heterocycles. The molecular formula is C9H9NO2. The lowest BCUT2D eigenvalue weighted by Crippen LogP contribution is -2.02. The van der Waals surface area contributed by atoms with E-state index in [0.717, 1.165) is 0 Å². The summed E-state index contributed by atoms with van der Waals surface area (Å²) in [4.78, 5) is 9.31. The third kappa shape index (κ3) is 2.46. The highest BCUT2D eigenvalue weighted by atomic mass is 17.2. The molecule has 1 aromatic rings. The van der Waals surface area contributed by atoms with Crippen molar-refractivity contribution in [2.75, 3.05) is 0 Å². The summed E-state index contributed by atoms with van der Waals surface area (Å²) in [5, 5.41) is 7.02. The van der Waals surface area contributed by atoms with Crippen molar-refractivity contribution in [3.8, 4) is 5.75 Å². The molecule has 1 N–H and O–H groups in total. The molecule has 0 aromatic heterocycles. The Morgan fingerprint density at radius 3 is 2.58 bits per heavy atom. The topological polar surface area (TPSA) is 42.3 Å². The molecule has 0 atom stereocenters. The van der Waals surface area contributed by atoms with E-state index in [1.165, 1.54) is 6.08 Å². The van der Waals surface area contributed by atoms with Crippen LogP contribution in [0.2, 0.25) is 0 Å². The fraction of sp³-hybridized carbons (Fsp3) is 0. The van der Waals surface area contributed by atoms with Gasteiger partial charge in [0.1, 0.15) is 0 Å². The molecule has 0 spiro atoms. The first-order chi connectivity index (χ1) is 5.83. The first kappa shape index (κ1) is 8.33. The summed E-state index contributed by atoms with van der Waals surface area (Å²) < 4.78 is 0. The van der Waals surface area contributed by atoms with Crippen LogP contribution in [-0.2, 0) is 4.89 Å². The first-order valence-electron chi connectivity index (χ1n) is 3.43. The van der Waals surface area contributed by atoms with Crippen LogP contribution in [0.15, 0.2) is 43.0 Å². The largest absolute Gasteiger partial charge is 0.288 e. The molecule has 62 valence electrons. The normalized spacial score (nSPS) is 8.67. The minimum absolute atomic E-state index is 0.112. The first-order valence-corrected chi connectivity index (χ1v) is 3.43. The predicted molar refractivity (Wildman–Crippen MR) is 46.1 cm³/mol. The van der Waals surface area contributed by atoms with Crippen molar-refractivity contribution in [2.24, 2.45) is 0 Å².